The Morgan fingerprint density at radius 3 is 3.14 bits per heavy atom. The van der Waals surface area contributed by atoms with Gasteiger partial charge in [0.1, 0.15) is 17.9 Å². The van der Waals surface area contributed by atoms with Gasteiger partial charge < -0.3 is 10.1 Å². The van der Waals surface area contributed by atoms with Crippen LogP contribution < -0.4 is 5.32 Å². The fourth-order valence-corrected chi connectivity index (χ4v) is 2.77. The molecule has 0 spiro atoms. The van der Waals surface area contributed by atoms with Crippen LogP contribution in [0, 0.1) is 17.2 Å². The summed E-state index contributed by atoms with van der Waals surface area (Å²) < 4.78 is 7.81. The van der Waals surface area contributed by atoms with Crippen LogP contribution in [-0.4, -0.2) is 32.9 Å². The van der Waals surface area contributed by atoms with Gasteiger partial charge in [-0.3, -0.25) is 4.68 Å². The maximum Gasteiger partial charge on any atom is 0.223 e. The molecule has 1 N–H and O–H groups in total. The molecule has 2 aromatic heterocycles. The summed E-state index contributed by atoms with van der Waals surface area (Å²) in [6, 6.07) is 5.60. The number of nitrogens with zero attached hydrogens (tertiary/aromatic N) is 5. The predicted molar refractivity (Wildman–Crippen MR) is 79.9 cm³/mol. The summed E-state index contributed by atoms with van der Waals surface area (Å²) in [6.45, 7) is 1.47. The van der Waals surface area contributed by atoms with Gasteiger partial charge in [0.25, 0.3) is 0 Å². The second-order valence-electron chi connectivity index (χ2n) is 5.33. The average molecular weight is 298 g/mol. The van der Waals surface area contributed by atoms with E-state index in [0.29, 0.717) is 24.1 Å². The molecule has 7 heteroatoms. The van der Waals surface area contributed by atoms with Crippen LogP contribution in [0.5, 0.6) is 0 Å². The molecule has 22 heavy (non-hydrogen) atoms. The quantitative estimate of drug-likeness (QED) is 0.923. The van der Waals surface area contributed by atoms with Crippen molar-refractivity contribution in [3.05, 3.63) is 35.9 Å². The minimum Gasteiger partial charge on any atom is -0.372 e. The second kappa shape index (κ2) is 6.54. The summed E-state index contributed by atoms with van der Waals surface area (Å²) in [5.41, 5.74) is 1.44. The lowest BCUT2D eigenvalue weighted by Gasteiger charge is -2.31. The first-order valence-corrected chi connectivity index (χ1v) is 7.34. The van der Waals surface area contributed by atoms with Crippen molar-refractivity contribution in [1.29, 1.82) is 5.26 Å². The number of anilines is 1. The molecule has 0 aliphatic carbocycles. The summed E-state index contributed by atoms with van der Waals surface area (Å²) >= 11 is 0. The molecule has 0 unspecified atom stereocenters. The number of hydrogen-bond acceptors (Lipinski definition) is 6. The van der Waals surface area contributed by atoms with Gasteiger partial charge in [-0.2, -0.15) is 10.4 Å². The normalized spacial score (nSPS) is 21.3. The van der Waals surface area contributed by atoms with Crippen molar-refractivity contribution in [2.45, 2.75) is 18.9 Å². The first kappa shape index (κ1) is 14.5. The van der Waals surface area contributed by atoms with Crippen molar-refractivity contribution in [2.24, 2.45) is 13.0 Å². The predicted octanol–water partition coefficient (Wildman–Crippen LogP) is 1.66. The highest BCUT2D eigenvalue weighted by molar-refractivity contribution is 5.30. The number of rotatable bonds is 4. The van der Waals surface area contributed by atoms with Gasteiger partial charge in [0.05, 0.1) is 5.69 Å². The van der Waals surface area contributed by atoms with Crippen molar-refractivity contribution in [1.82, 2.24) is 19.7 Å². The summed E-state index contributed by atoms with van der Waals surface area (Å²) in [7, 11) is 1.93. The lowest BCUT2D eigenvalue weighted by molar-refractivity contribution is -0.0284. The van der Waals surface area contributed by atoms with E-state index in [4.69, 9.17) is 10.00 Å². The molecule has 2 atom stereocenters. The highest BCUT2D eigenvalue weighted by Crippen LogP contribution is 2.33. The van der Waals surface area contributed by atoms with E-state index in [1.165, 1.54) is 0 Å². The van der Waals surface area contributed by atoms with Crippen LogP contribution in [0.25, 0.3) is 0 Å². The molecule has 1 saturated heterocycles. The third kappa shape index (κ3) is 3.07. The average Bonchev–Trinajstić information content (AvgIpc) is 2.99. The molecular formula is C15H18N6O. The lowest BCUT2D eigenvalue weighted by Crippen LogP contribution is -2.30. The molecule has 2 aromatic rings. The molecular weight excluding hydrogens is 280 g/mol. The van der Waals surface area contributed by atoms with Gasteiger partial charge in [-0.05, 0) is 25.0 Å². The van der Waals surface area contributed by atoms with Gasteiger partial charge in [-0.15, -0.1) is 0 Å². The Labute approximate surface area is 129 Å². The molecule has 0 saturated carbocycles. The van der Waals surface area contributed by atoms with Crippen LogP contribution >= 0.6 is 0 Å². The molecule has 0 amide bonds. The van der Waals surface area contributed by atoms with Gasteiger partial charge in [-0.25, -0.2) is 9.97 Å². The highest BCUT2D eigenvalue weighted by Gasteiger charge is 2.29. The van der Waals surface area contributed by atoms with Gasteiger partial charge in [-0.1, -0.05) is 0 Å². The summed E-state index contributed by atoms with van der Waals surface area (Å²) in [4.78, 5) is 8.28. The molecule has 3 rings (SSSR count). The SMILES string of the molecule is Cn1nccc1[C@@H]1OCCC[C@H]1CNc1nccc(C#N)n1. The van der Waals surface area contributed by atoms with Crippen LogP contribution in [0.3, 0.4) is 0 Å². The van der Waals surface area contributed by atoms with Crippen molar-refractivity contribution in [2.75, 3.05) is 18.5 Å². The van der Waals surface area contributed by atoms with Crippen LogP contribution in [0.4, 0.5) is 5.95 Å². The third-order valence-corrected chi connectivity index (χ3v) is 3.89. The van der Waals surface area contributed by atoms with Gasteiger partial charge in [0.15, 0.2) is 0 Å². The summed E-state index contributed by atoms with van der Waals surface area (Å²) in [6.07, 6.45) is 5.51. The number of hydrogen-bond donors (Lipinski definition) is 1. The molecule has 1 fully saturated rings. The number of aryl methyl sites for hydroxylation is 1. The molecule has 0 aromatic carbocycles. The minimum atomic E-state index is 0.0212. The van der Waals surface area contributed by atoms with Gasteiger partial charge in [0.2, 0.25) is 5.95 Å². The Hall–Kier alpha value is -2.46. The molecule has 0 radical (unpaired) electrons. The Morgan fingerprint density at radius 2 is 2.36 bits per heavy atom. The van der Waals surface area contributed by atoms with E-state index in [0.717, 1.165) is 25.1 Å². The second-order valence-corrected chi connectivity index (χ2v) is 5.33. The van der Waals surface area contributed by atoms with E-state index < -0.39 is 0 Å². The summed E-state index contributed by atoms with van der Waals surface area (Å²) in [5, 5.41) is 16.3. The Balaban J connectivity index is 1.69. The van der Waals surface area contributed by atoms with Crippen molar-refractivity contribution in [3.63, 3.8) is 0 Å². The number of nitriles is 1. The monoisotopic (exact) mass is 298 g/mol. The van der Waals surface area contributed by atoms with Gasteiger partial charge >= 0.3 is 0 Å². The van der Waals surface area contributed by atoms with Crippen molar-refractivity contribution >= 4 is 5.95 Å². The zero-order valence-corrected chi connectivity index (χ0v) is 12.4. The van der Waals surface area contributed by atoms with Gasteiger partial charge in [0, 0.05) is 38.5 Å². The first-order valence-electron chi connectivity index (χ1n) is 7.34. The number of aromatic nitrogens is 4. The Kier molecular flexibility index (Phi) is 4.30. The van der Waals surface area contributed by atoms with Crippen LogP contribution in [-0.2, 0) is 11.8 Å². The van der Waals surface area contributed by atoms with E-state index in [9.17, 15) is 0 Å². The molecule has 3 heterocycles. The van der Waals surface area contributed by atoms with Crippen molar-refractivity contribution in [3.8, 4) is 6.07 Å². The van der Waals surface area contributed by atoms with E-state index >= 15 is 0 Å². The molecule has 114 valence electrons. The zero-order chi connectivity index (χ0) is 15.4. The lowest BCUT2D eigenvalue weighted by atomic mass is 9.92. The highest BCUT2D eigenvalue weighted by atomic mass is 16.5. The topological polar surface area (TPSA) is 88.6 Å². The Bertz CT molecular complexity index is 677. The first-order chi connectivity index (χ1) is 10.8. The zero-order valence-electron chi connectivity index (χ0n) is 12.4. The molecule has 7 nitrogen and oxygen atoms in total. The van der Waals surface area contributed by atoms with Crippen LogP contribution in [0.2, 0.25) is 0 Å². The van der Waals surface area contributed by atoms with E-state index in [2.05, 4.69) is 20.4 Å². The van der Waals surface area contributed by atoms with E-state index in [1.807, 2.05) is 23.9 Å². The summed E-state index contributed by atoms with van der Waals surface area (Å²) in [5.74, 6) is 0.798. The fraction of sp³-hybridized carbons (Fsp3) is 0.467. The molecule has 1 aliphatic heterocycles. The standard InChI is InChI=1S/C15H18N6O/c1-21-13(5-7-19-21)14-11(3-2-8-22-14)10-18-15-17-6-4-12(9-16)20-15/h4-7,11,14H,2-3,8,10H2,1H3,(H,17,18,20)/t11-,14+/m0/s1. The number of nitrogens with one attached hydrogen (secondary N) is 1. The van der Waals surface area contributed by atoms with E-state index in [1.54, 1.807) is 18.5 Å². The maximum atomic E-state index is 8.88. The van der Waals surface area contributed by atoms with Crippen LogP contribution in [0.1, 0.15) is 30.3 Å². The van der Waals surface area contributed by atoms with E-state index in [-0.39, 0.29) is 6.10 Å². The Morgan fingerprint density at radius 1 is 1.45 bits per heavy atom. The maximum absolute atomic E-state index is 8.88. The molecule has 1 aliphatic rings. The minimum absolute atomic E-state index is 0.0212. The smallest absolute Gasteiger partial charge is 0.223 e. The molecule has 0 bridgehead atoms. The third-order valence-electron chi connectivity index (χ3n) is 3.89. The fourth-order valence-electron chi connectivity index (χ4n) is 2.77. The van der Waals surface area contributed by atoms with Crippen molar-refractivity contribution < 1.29 is 4.74 Å². The number of ether oxygens (including phenoxy) is 1. The van der Waals surface area contributed by atoms with Crippen LogP contribution in [0.15, 0.2) is 24.5 Å². The largest absolute Gasteiger partial charge is 0.372 e.